The fourth-order valence-corrected chi connectivity index (χ4v) is 2.38. The number of hydrogen-bond acceptors (Lipinski definition) is 5. The Hall–Kier alpha value is -1.48. The summed E-state index contributed by atoms with van der Waals surface area (Å²) in [6, 6.07) is -0.835. The molecule has 0 aromatic rings. The number of rotatable bonds is 6. The van der Waals surface area contributed by atoms with Gasteiger partial charge in [0.25, 0.3) is 11.8 Å². The fraction of sp³-hybridized carbons (Fsp3) is 0.769. The molecule has 1 fully saturated rings. The number of likely N-dealkylation sites (tertiary alicyclic amines) is 1. The summed E-state index contributed by atoms with van der Waals surface area (Å²) in [6.45, 7) is 5.49. The van der Waals surface area contributed by atoms with E-state index in [-0.39, 0.29) is 0 Å². The van der Waals surface area contributed by atoms with Crippen molar-refractivity contribution in [1.82, 2.24) is 15.2 Å². The predicted molar refractivity (Wildman–Crippen MR) is 79.9 cm³/mol. The van der Waals surface area contributed by atoms with Crippen LogP contribution in [0.5, 0.6) is 0 Å². The Balaban J connectivity index is 2.80. The number of hydrogen-bond donors (Lipinski definition) is 2. The van der Waals surface area contributed by atoms with E-state index in [0.717, 1.165) is 6.26 Å². The third-order valence-electron chi connectivity index (χ3n) is 3.87. The molecule has 1 unspecified atom stereocenters. The van der Waals surface area contributed by atoms with Gasteiger partial charge in [-0.15, -0.1) is 4.83 Å². The van der Waals surface area contributed by atoms with Crippen molar-refractivity contribution in [2.24, 2.45) is 5.41 Å². The summed E-state index contributed by atoms with van der Waals surface area (Å²) in [7, 11) is -3.58. The molecule has 0 spiro atoms. The highest BCUT2D eigenvalue weighted by Gasteiger charge is 2.41. The predicted octanol–water partition coefficient (Wildman–Crippen LogP) is -0.437. The van der Waals surface area contributed by atoms with Crippen LogP contribution in [0.3, 0.4) is 0 Å². The first kappa shape index (κ1) is 18.6. The van der Waals surface area contributed by atoms with Crippen LogP contribution in [-0.4, -0.2) is 49.8 Å². The molecule has 2 amide bonds. The summed E-state index contributed by atoms with van der Waals surface area (Å²) in [4.78, 5) is 39.7. The van der Waals surface area contributed by atoms with Crippen LogP contribution < -0.4 is 10.3 Å². The molecule has 1 atom stereocenters. The Morgan fingerprint density at radius 3 is 2.36 bits per heavy atom. The van der Waals surface area contributed by atoms with Gasteiger partial charge >= 0.3 is 0 Å². The lowest BCUT2D eigenvalue weighted by Crippen LogP contribution is -2.53. The van der Waals surface area contributed by atoms with Crippen molar-refractivity contribution in [2.45, 2.75) is 46.1 Å². The lowest BCUT2D eigenvalue weighted by molar-refractivity contribution is -0.151. The number of nitrogens with zero attached hydrogens (tertiary/aromatic N) is 1. The van der Waals surface area contributed by atoms with Gasteiger partial charge in [0, 0.05) is 12.0 Å². The molecule has 8 nitrogen and oxygen atoms in total. The number of Topliss-reactive ketones (excluding diaryl/α,β-unsaturated/α-hetero) is 1. The number of carbonyl (C=O) groups is 3. The van der Waals surface area contributed by atoms with Gasteiger partial charge < -0.3 is 4.90 Å². The van der Waals surface area contributed by atoms with Crippen LogP contribution in [0.25, 0.3) is 0 Å². The molecular formula is C13H23N3O5S. The zero-order valence-corrected chi connectivity index (χ0v) is 14.1. The highest BCUT2D eigenvalue weighted by Crippen LogP contribution is 2.25. The van der Waals surface area contributed by atoms with E-state index in [1.165, 1.54) is 4.90 Å². The molecule has 1 aliphatic rings. The molecule has 0 saturated carbocycles. The van der Waals surface area contributed by atoms with Crippen LogP contribution in [0.4, 0.5) is 0 Å². The number of ketones is 1. The minimum absolute atomic E-state index is 0.307. The molecule has 0 aromatic carbocycles. The van der Waals surface area contributed by atoms with E-state index in [0.29, 0.717) is 25.8 Å². The summed E-state index contributed by atoms with van der Waals surface area (Å²) in [5.41, 5.74) is 1.27. The van der Waals surface area contributed by atoms with Crippen molar-refractivity contribution in [2.75, 3.05) is 12.8 Å². The van der Waals surface area contributed by atoms with Crippen molar-refractivity contribution in [1.29, 1.82) is 0 Å². The molecule has 126 valence electrons. The van der Waals surface area contributed by atoms with Crippen LogP contribution in [0, 0.1) is 5.41 Å². The second kappa shape index (κ2) is 6.74. The Labute approximate surface area is 130 Å². The molecule has 1 saturated heterocycles. The normalized spacial score (nSPS) is 19.1. The lowest BCUT2D eigenvalue weighted by Gasteiger charge is -2.27. The quantitative estimate of drug-likeness (QED) is 0.505. The molecule has 0 radical (unpaired) electrons. The van der Waals surface area contributed by atoms with Crippen LogP contribution in [0.1, 0.15) is 40.0 Å². The van der Waals surface area contributed by atoms with E-state index < -0.39 is 39.1 Å². The maximum Gasteiger partial charge on any atom is 0.291 e. The molecule has 2 N–H and O–H groups in total. The van der Waals surface area contributed by atoms with Crippen LogP contribution in [-0.2, 0) is 24.4 Å². The largest absolute Gasteiger partial charge is 0.324 e. The van der Waals surface area contributed by atoms with Crippen molar-refractivity contribution in [3.63, 3.8) is 0 Å². The molecule has 1 aliphatic heterocycles. The highest BCUT2D eigenvalue weighted by atomic mass is 32.2. The number of nitrogens with one attached hydrogen (secondary N) is 2. The average Bonchev–Trinajstić information content (AvgIpc) is 2.91. The van der Waals surface area contributed by atoms with Gasteiger partial charge in [-0.1, -0.05) is 20.8 Å². The molecule has 0 bridgehead atoms. The molecule has 22 heavy (non-hydrogen) atoms. The van der Waals surface area contributed by atoms with Crippen molar-refractivity contribution in [3.8, 4) is 0 Å². The standard InChI is InChI=1S/C13H23N3O5S/c1-5-13(2,3)10(17)12(19)16-8-6-7-9(16)11(18)14-15-22(4,20)21/h9,15H,5-8H2,1-4H3,(H,14,18). The van der Waals surface area contributed by atoms with Crippen molar-refractivity contribution < 1.29 is 22.8 Å². The molecule has 1 heterocycles. The van der Waals surface area contributed by atoms with Crippen molar-refractivity contribution in [3.05, 3.63) is 0 Å². The van der Waals surface area contributed by atoms with Gasteiger partial charge in [0.05, 0.1) is 6.26 Å². The molecular weight excluding hydrogens is 310 g/mol. The second-order valence-electron chi connectivity index (χ2n) is 6.09. The Kier molecular flexibility index (Phi) is 5.69. The van der Waals surface area contributed by atoms with Gasteiger partial charge in [-0.2, -0.15) is 0 Å². The van der Waals surface area contributed by atoms with E-state index in [1.54, 1.807) is 13.8 Å². The van der Waals surface area contributed by atoms with Gasteiger partial charge in [-0.05, 0) is 19.3 Å². The van der Waals surface area contributed by atoms with Crippen LogP contribution in [0.15, 0.2) is 0 Å². The highest BCUT2D eigenvalue weighted by molar-refractivity contribution is 7.88. The third kappa shape index (κ3) is 4.51. The first-order valence-electron chi connectivity index (χ1n) is 7.11. The minimum atomic E-state index is -3.58. The summed E-state index contributed by atoms with van der Waals surface area (Å²) in [6.07, 6.45) is 2.39. The van der Waals surface area contributed by atoms with E-state index in [1.807, 2.05) is 11.8 Å². The van der Waals surface area contributed by atoms with Crippen LogP contribution in [0.2, 0.25) is 0 Å². The number of carbonyl (C=O) groups excluding carboxylic acids is 3. The van der Waals surface area contributed by atoms with E-state index in [2.05, 4.69) is 5.43 Å². The Bertz CT molecular complexity index is 570. The van der Waals surface area contributed by atoms with Gasteiger partial charge in [-0.25, -0.2) is 8.42 Å². The number of hydrazine groups is 1. The van der Waals surface area contributed by atoms with Gasteiger partial charge in [0.2, 0.25) is 15.8 Å². The first-order valence-corrected chi connectivity index (χ1v) is 9.01. The smallest absolute Gasteiger partial charge is 0.291 e. The van der Waals surface area contributed by atoms with Gasteiger partial charge in [-0.3, -0.25) is 19.8 Å². The molecule has 9 heteroatoms. The zero-order valence-electron chi connectivity index (χ0n) is 13.3. The average molecular weight is 333 g/mol. The number of amides is 2. The van der Waals surface area contributed by atoms with E-state index in [4.69, 9.17) is 0 Å². The third-order valence-corrected chi connectivity index (χ3v) is 4.34. The Morgan fingerprint density at radius 1 is 1.27 bits per heavy atom. The summed E-state index contributed by atoms with van der Waals surface area (Å²) in [5.74, 6) is -1.87. The monoisotopic (exact) mass is 333 g/mol. The Morgan fingerprint density at radius 2 is 1.86 bits per heavy atom. The van der Waals surface area contributed by atoms with Gasteiger partial charge in [0.1, 0.15) is 6.04 Å². The molecule has 1 rings (SSSR count). The lowest BCUT2D eigenvalue weighted by atomic mass is 9.84. The summed E-state index contributed by atoms with van der Waals surface area (Å²) >= 11 is 0. The van der Waals surface area contributed by atoms with E-state index in [9.17, 15) is 22.8 Å². The second-order valence-corrected chi connectivity index (χ2v) is 7.84. The number of sulfonamides is 1. The summed E-state index contributed by atoms with van der Waals surface area (Å²) < 4.78 is 22.0. The van der Waals surface area contributed by atoms with Gasteiger partial charge in [0.15, 0.2) is 0 Å². The zero-order chi connectivity index (χ0) is 17.1. The molecule has 0 aromatic heterocycles. The van der Waals surface area contributed by atoms with E-state index >= 15 is 0 Å². The SMILES string of the molecule is CCC(C)(C)C(=O)C(=O)N1CCCC1C(=O)NNS(C)(=O)=O. The summed E-state index contributed by atoms with van der Waals surface area (Å²) in [5, 5.41) is 0. The topological polar surface area (TPSA) is 113 Å². The van der Waals surface area contributed by atoms with Crippen molar-refractivity contribution >= 4 is 27.6 Å². The maximum atomic E-state index is 12.3. The minimum Gasteiger partial charge on any atom is -0.324 e. The van der Waals surface area contributed by atoms with Crippen LogP contribution >= 0.6 is 0 Å². The fourth-order valence-electron chi connectivity index (χ4n) is 2.09. The molecule has 0 aliphatic carbocycles. The first-order chi connectivity index (χ1) is 9.99. The maximum absolute atomic E-state index is 12.3.